The summed E-state index contributed by atoms with van der Waals surface area (Å²) >= 11 is 0. The van der Waals surface area contributed by atoms with Gasteiger partial charge in [0.15, 0.2) is 6.10 Å². The van der Waals surface area contributed by atoms with E-state index in [0.29, 0.717) is 19.3 Å². The van der Waals surface area contributed by atoms with Crippen LogP contribution in [-0.2, 0) is 28.6 Å². The minimum Gasteiger partial charge on any atom is -0.462 e. The smallest absolute Gasteiger partial charge is 0.306 e. The zero-order valence-corrected chi connectivity index (χ0v) is 50.9. The summed E-state index contributed by atoms with van der Waals surface area (Å²) in [6.45, 7) is 6.41. The van der Waals surface area contributed by atoms with E-state index in [2.05, 4.69) is 142 Å². The van der Waals surface area contributed by atoms with Gasteiger partial charge in [0.1, 0.15) is 13.2 Å². The first-order valence-corrected chi connectivity index (χ1v) is 32.5. The van der Waals surface area contributed by atoms with Crippen LogP contribution < -0.4 is 0 Å². The molecule has 0 rings (SSSR count). The van der Waals surface area contributed by atoms with E-state index in [4.69, 9.17) is 14.2 Å². The van der Waals surface area contributed by atoms with E-state index in [0.717, 1.165) is 135 Å². The molecule has 0 bridgehead atoms. The molecular formula is C72H120O6. The zero-order chi connectivity index (χ0) is 56.4. The highest BCUT2D eigenvalue weighted by molar-refractivity contribution is 5.71. The number of ether oxygens (including phenoxy) is 3. The van der Waals surface area contributed by atoms with Crippen LogP contribution in [0.5, 0.6) is 0 Å². The van der Waals surface area contributed by atoms with Crippen molar-refractivity contribution in [3.05, 3.63) is 122 Å². The summed E-state index contributed by atoms with van der Waals surface area (Å²) in [6, 6.07) is 0. The van der Waals surface area contributed by atoms with Gasteiger partial charge in [0.25, 0.3) is 0 Å². The number of rotatable bonds is 58. The van der Waals surface area contributed by atoms with E-state index in [-0.39, 0.29) is 31.1 Å². The molecule has 0 amide bonds. The summed E-state index contributed by atoms with van der Waals surface area (Å²) in [5, 5.41) is 0. The molecule has 0 aliphatic carbocycles. The molecule has 0 fully saturated rings. The highest BCUT2D eigenvalue weighted by Gasteiger charge is 2.19. The van der Waals surface area contributed by atoms with Crippen molar-refractivity contribution in [3.63, 3.8) is 0 Å². The van der Waals surface area contributed by atoms with Gasteiger partial charge in [0.2, 0.25) is 0 Å². The number of esters is 3. The normalized spacial score (nSPS) is 12.9. The molecule has 0 radical (unpaired) electrons. The summed E-state index contributed by atoms with van der Waals surface area (Å²) in [4.78, 5) is 38.4. The summed E-state index contributed by atoms with van der Waals surface area (Å²) in [7, 11) is 0. The molecule has 0 heterocycles. The minimum absolute atomic E-state index is 0.0916. The van der Waals surface area contributed by atoms with Crippen LogP contribution in [0.3, 0.4) is 0 Å². The number of unbranched alkanes of at least 4 members (excludes halogenated alkanes) is 27. The van der Waals surface area contributed by atoms with E-state index in [1.165, 1.54) is 122 Å². The van der Waals surface area contributed by atoms with Gasteiger partial charge in [-0.2, -0.15) is 0 Å². The van der Waals surface area contributed by atoms with Gasteiger partial charge in [-0.1, -0.05) is 271 Å². The molecule has 0 aliphatic heterocycles. The van der Waals surface area contributed by atoms with Gasteiger partial charge in [-0.3, -0.25) is 14.4 Å². The standard InChI is InChI=1S/C72H120O6/c1-4-7-10-13-16-19-22-25-28-31-34-35-36-37-39-41-44-47-50-53-56-59-62-65-71(74)77-68-69(67-76-70(73)64-61-58-55-52-49-46-43-40-33-30-27-24-21-18-15-12-9-6-3)78-72(75)66-63-60-57-54-51-48-45-42-38-32-29-26-23-20-17-14-11-8-5-2/h7-8,10-11,16-17,19-20,25-26,28-30,33-35,37-39,42,69H,4-6,9,12-15,18,21-24,27,31-32,36,40-41,43-68H2,1-3H3/b10-7-,11-8-,19-16-,20-17-,28-25-,29-26-,33-30-,35-34-,39-37-,42-38-. The van der Waals surface area contributed by atoms with Crippen LogP contribution in [-0.4, -0.2) is 37.2 Å². The molecule has 0 saturated heterocycles. The van der Waals surface area contributed by atoms with Crippen molar-refractivity contribution < 1.29 is 28.6 Å². The minimum atomic E-state index is -0.798. The molecule has 1 unspecified atom stereocenters. The molecular weight excluding hydrogens is 961 g/mol. The van der Waals surface area contributed by atoms with E-state index < -0.39 is 6.10 Å². The van der Waals surface area contributed by atoms with Crippen molar-refractivity contribution in [1.29, 1.82) is 0 Å². The van der Waals surface area contributed by atoms with Crippen molar-refractivity contribution in [2.24, 2.45) is 0 Å². The predicted octanol–water partition coefficient (Wildman–Crippen LogP) is 22.4. The molecule has 444 valence electrons. The highest BCUT2D eigenvalue weighted by atomic mass is 16.6. The van der Waals surface area contributed by atoms with Crippen LogP contribution in [0.25, 0.3) is 0 Å². The maximum atomic E-state index is 12.9. The number of allylic oxidation sites excluding steroid dienone is 20. The highest BCUT2D eigenvalue weighted by Crippen LogP contribution is 2.15. The number of hydrogen-bond donors (Lipinski definition) is 0. The van der Waals surface area contributed by atoms with Crippen molar-refractivity contribution in [2.75, 3.05) is 13.2 Å². The second-order valence-corrected chi connectivity index (χ2v) is 21.3. The van der Waals surface area contributed by atoms with Crippen LogP contribution in [0, 0.1) is 0 Å². The molecule has 0 aliphatic rings. The SMILES string of the molecule is CC/C=C\C/C=C\C/C=C\C/C=C\C/C=C\CCCCCCCCCC(=O)OCC(COC(=O)CCCCCCCCC/C=C\CCCCCCCCC)OC(=O)CCCCCCCC/C=C\C/C=C\C/C=C\C/C=C\CC. The van der Waals surface area contributed by atoms with Crippen LogP contribution in [0.2, 0.25) is 0 Å². The molecule has 0 saturated carbocycles. The lowest BCUT2D eigenvalue weighted by molar-refractivity contribution is -0.167. The second kappa shape index (κ2) is 65.3. The van der Waals surface area contributed by atoms with Crippen LogP contribution in [0.4, 0.5) is 0 Å². The fourth-order valence-corrected chi connectivity index (χ4v) is 8.87. The Morgan fingerprint density at radius 3 is 0.795 bits per heavy atom. The van der Waals surface area contributed by atoms with Gasteiger partial charge in [-0.15, -0.1) is 0 Å². The second-order valence-electron chi connectivity index (χ2n) is 21.3. The van der Waals surface area contributed by atoms with E-state index >= 15 is 0 Å². The van der Waals surface area contributed by atoms with Gasteiger partial charge < -0.3 is 14.2 Å². The van der Waals surface area contributed by atoms with Gasteiger partial charge in [-0.05, 0) is 128 Å². The van der Waals surface area contributed by atoms with Crippen molar-refractivity contribution in [2.45, 2.75) is 303 Å². The lowest BCUT2D eigenvalue weighted by Gasteiger charge is -2.18. The number of hydrogen-bond acceptors (Lipinski definition) is 6. The Morgan fingerprint density at radius 1 is 0.269 bits per heavy atom. The predicted molar refractivity (Wildman–Crippen MR) is 339 cm³/mol. The molecule has 0 N–H and O–H groups in total. The molecule has 0 aromatic carbocycles. The first kappa shape index (κ1) is 73.8. The number of carbonyl (C=O) groups excluding carboxylic acids is 3. The average Bonchev–Trinajstić information content (AvgIpc) is 3.44. The molecule has 1 atom stereocenters. The van der Waals surface area contributed by atoms with E-state index in [1.807, 2.05) is 0 Å². The zero-order valence-electron chi connectivity index (χ0n) is 50.9. The first-order chi connectivity index (χ1) is 38.5. The molecule has 0 aromatic rings. The molecule has 78 heavy (non-hydrogen) atoms. The molecule has 0 aromatic heterocycles. The van der Waals surface area contributed by atoms with Crippen LogP contribution in [0.1, 0.15) is 297 Å². The maximum absolute atomic E-state index is 12.9. The van der Waals surface area contributed by atoms with Crippen molar-refractivity contribution in [1.82, 2.24) is 0 Å². The lowest BCUT2D eigenvalue weighted by atomic mass is 10.1. The van der Waals surface area contributed by atoms with Crippen molar-refractivity contribution >= 4 is 17.9 Å². The summed E-state index contributed by atoms with van der Waals surface area (Å²) in [5.41, 5.74) is 0. The third kappa shape index (κ3) is 62.7. The maximum Gasteiger partial charge on any atom is 0.306 e. The largest absolute Gasteiger partial charge is 0.462 e. The summed E-state index contributed by atoms with van der Waals surface area (Å²) in [6.07, 6.45) is 90.5. The fourth-order valence-electron chi connectivity index (χ4n) is 8.87. The summed E-state index contributed by atoms with van der Waals surface area (Å²) < 4.78 is 16.9. The Hall–Kier alpha value is -4.19. The van der Waals surface area contributed by atoms with Gasteiger partial charge in [0.05, 0.1) is 0 Å². The third-order valence-electron chi connectivity index (χ3n) is 13.7. The van der Waals surface area contributed by atoms with Gasteiger partial charge >= 0.3 is 17.9 Å². The summed E-state index contributed by atoms with van der Waals surface area (Å²) in [5.74, 6) is -0.915. The molecule has 0 spiro atoms. The van der Waals surface area contributed by atoms with E-state index in [1.54, 1.807) is 0 Å². The van der Waals surface area contributed by atoms with Crippen LogP contribution >= 0.6 is 0 Å². The lowest BCUT2D eigenvalue weighted by Crippen LogP contribution is -2.30. The molecule has 6 nitrogen and oxygen atoms in total. The fraction of sp³-hybridized carbons (Fsp3) is 0.681. The van der Waals surface area contributed by atoms with Crippen molar-refractivity contribution in [3.8, 4) is 0 Å². The van der Waals surface area contributed by atoms with Crippen LogP contribution in [0.15, 0.2) is 122 Å². The van der Waals surface area contributed by atoms with Gasteiger partial charge in [0, 0.05) is 19.3 Å². The average molecular weight is 1080 g/mol. The topological polar surface area (TPSA) is 78.9 Å². The Morgan fingerprint density at radius 2 is 0.500 bits per heavy atom. The Labute approximate surface area is 482 Å². The van der Waals surface area contributed by atoms with Gasteiger partial charge in [-0.25, -0.2) is 0 Å². The molecule has 6 heteroatoms. The third-order valence-corrected chi connectivity index (χ3v) is 13.7. The Kier molecular flexibility index (Phi) is 61.8. The monoisotopic (exact) mass is 1080 g/mol. The Bertz CT molecular complexity index is 1620. The first-order valence-electron chi connectivity index (χ1n) is 32.5. The Balaban J connectivity index is 4.45. The quantitative estimate of drug-likeness (QED) is 0.0261. The van der Waals surface area contributed by atoms with E-state index in [9.17, 15) is 14.4 Å². The number of carbonyl (C=O) groups is 3.